The van der Waals surface area contributed by atoms with Gasteiger partial charge in [-0.2, -0.15) is 11.8 Å². The van der Waals surface area contributed by atoms with Crippen molar-refractivity contribution in [1.29, 1.82) is 0 Å². The molecule has 1 aromatic carbocycles. The lowest BCUT2D eigenvalue weighted by molar-refractivity contribution is 0.422. The number of rotatable bonds is 3. The van der Waals surface area contributed by atoms with E-state index < -0.39 is 10.0 Å². The van der Waals surface area contributed by atoms with Crippen LogP contribution in [0.3, 0.4) is 0 Å². The lowest BCUT2D eigenvalue weighted by Crippen LogP contribution is -2.37. The minimum Gasteiger partial charge on any atom is -0.212 e. The van der Waals surface area contributed by atoms with E-state index >= 15 is 0 Å². The van der Waals surface area contributed by atoms with Gasteiger partial charge >= 0.3 is 0 Å². The minimum absolute atomic E-state index is 0.274. The van der Waals surface area contributed by atoms with E-state index in [1.54, 1.807) is 29.9 Å². The number of hydrogen-bond acceptors (Lipinski definition) is 3. The summed E-state index contributed by atoms with van der Waals surface area (Å²) in [5, 5.41) is 0.686. The Morgan fingerprint density at radius 1 is 1.30 bits per heavy atom. The molecular weight excluding hydrogens is 314 g/mol. The standard InChI is InChI=1S/C14H20ClNO2S2/c1-11(2)20(17,18)16-8-7-14(19-10-9-16)12-5-3-4-6-13(12)15/h3-6,11,14H,7-10H2,1-2H3/t14-/m1/s1. The molecule has 1 saturated heterocycles. The molecule has 6 heteroatoms. The largest absolute Gasteiger partial charge is 0.216 e. The molecule has 112 valence electrons. The fraction of sp³-hybridized carbons (Fsp3) is 0.571. The molecule has 1 aliphatic rings. The van der Waals surface area contributed by atoms with Gasteiger partial charge in [0.05, 0.1) is 5.25 Å². The summed E-state index contributed by atoms with van der Waals surface area (Å²) in [6.45, 7) is 4.63. The predicted molar refractivity (Wildman–Crippen MR) is 86.9 cm³/mol. The minimum atomic E-state index is -3.15. The normalized spacial score (nSPS) is 21.9. The van der Waals surface area contributed by atoms with Gasteiger partial charge in [-0.3, -0.25) is 0 Å². The quantitative estimate of drug-likeness (QED) is 0.848. The van der Waals surface area contributed by atoms with Crippen LogP contribution in [0.25, 0.3) is 0 Å². The van der Waals surface area contributed by atoms with Gasteiger partial charge in [0, 0.05) is 29.1 Å². The molecule has 1 aromatic rings. The van der Waals surface area contributed by atoms with E-state index in [1.165, 1.54) is 0 Å². The first-order valence-corrected chi connectivity index (χ1v) is 9.71. The van der Waals surface area contributed by atoms with Crippen LogP contribution in [0.2, 0.25) is 5.02 Å². The Bertz CT molecular complexity index is 560. The predicted octanol–water partition coefficient (Wildman–Crippen LogP) is 3.56. The maximum atomic E-state index is 12.2. The van der Waals surface area contributed by atoms with Crippen molar-refractivity contribution in [3.05, 3.63) is 34.9 Å². The number of thioether (sulfide) groups is 1. The van der Waals surface area contributed by atoms with Crippen molar-refractivity contribution in [2.45, 2.75) is 30.8 Å². The van der Waals surface area contributed by atoms with Crippen molar-refractivity contribution in [1.82, 2.24) is 4.31 Å². The lowest BCUT2D eigenvalue weighted by atomic mass is 10.1. The van der Waals surface area contributed by atoms with Crippen LogP contribution in [-0.4, -0.2) is 36.8 Å². The zero-order chi connectivity index (χ0) is 14.8. The average molecular weight is 334 g/mol. The summed E-state index contributed by atoms with van der Waals surface area (Å²) >= 11 is 8.03. The Morgan fingerprint density at radius 3 is 2.65 bits per heavy atom. The van der Waals surface area contributed by atoms with Crippen molar-refractivity contribution < 1.29 is 8.42 Å². The van der Waals surface area contributed by atoms with Gasteiger partial charge in [-0.15, -0.1) is 0 Å². The molecule has 0 bridgehead atoms. The Kier molecular flexibility index (Phi) is 5.40. The van der Waals surface area contributed by atoms with E-state index in [0.717, 1.165) is 22.8 Å². The van der Waals surface area contributed by atoms with Crippen LogP contribution in [-0.2, 0) is 10.0 Å². The van der Waals surface area contributed by atoms with Gasteiger partial charge in [-0.25, -0.2) is 12.7 Å². The van der Waals surface area contributed by atoms with Crippen LogP contribution in [0.4, 0.5) is 0 Å². The Balaban J connectivity index is 2.12. The second-order valence-electron chi connectivity index (χ2n) is 5.16. The molecule has 0 spiro atoms. The maximum Gasteiger partial charge on any atom is 0.216 e. The summed E-state index contributed by atoms with van der Waals surface area (Å²) in [5.41, 5.74) is 1.11. The van der Waals surface area contributed by atoms with Gasteiger partial charge in [0.2, 0.25) is 10.0 Å². The summed E-state index contributed by atoms with van der Waals surface area (Å²) in [6, 6.07) is 7.83. The highest BCUT2D eigenvalue weighted by molar-refractivity contribution is 7.99. The van der Waals surface area contributed by atoms with E-state index in [9.17, 15) is 8.42 Å². The third-order valence-corrected chi connectivity index (χ3v) is 7.44. The van der Waals surface area contributed by atoms with Gasteiger partial charge in [0.15, 0.2) is 0 Å². The second-order valence-corrected chi connectivity index (χ2v) is 9.37. The molecule has 1 aliphatic heterocycles. The maximum absolute atomic E-state index is 12.2. The van der Waals surface area contributed by atoms with Gasteiger partial charge in [-0.05, 0) is 31.9 Å². The Labute approximate surface area is 130 Å². The molecule has 0 amide bonds. The Hall–Kier alpha value is -0.230. The summed E-state index contributed by atoms with van der Waals surface area (Å²) in [4.78, 5) is 0. The van der Waals surface area contributed by atoms with Gasteiger partial charge < -0.3 is 0 Å². The molecule has 0 radical (unpaired) electrons. The molecule has 20 heavy (non-hydrogen) atoms. The molecular formula is C14H20ClNO2S2. The van der Waals surface area contributed by atoms with Crippen molar-refractivity contribution in [3.63, 3.8) is 0 Å². The molecule has 0 N–H and O–H groups in total. The van der Waals surface area contributed by atoms with Gasteiger partial charge in [0.1, 0.15) is 0 Å². The Morgan fingerprint density at radius 2 is 2.00 bits per heavy atom. The van der Waals surface area contributed by atoms with E-state index in [1.807, 2.05) is 24.3 Å². The van der Waals surface area contributed by atoms with Crippen molar-refractivity contribution in [2.75, 3.05) is 18.8 Å². The number of halogens is 1. The number of hydrogen-bond donors (Lipinski definition) is 0. The first kappa shape index (κ1) is 16.1. The highest BCUT2D eigenvalue weighted by Crippen LogP contribution is 2.38. The SMILES string of the molecule is CC(C)S(=O)(=O)N1CCS[C@@H](c2ccccc2Cl)CC1. The summed E-state index contributed by atoms with van der Waals surface area (Å²) < 4.78 is 26.1. The average Bonchev–Trinajstić information content (AvgIpc) is 2.65. The highest BCUT2D eigenvalue weighted by Gasteiger charge is 2.29. The first-order chi connectivity index (χ1) is 9.43. The van der Waals surface area contributed by atoms with Crippen LogP contribution in [0, 0.1) is 0 Å². The molecule has 3 nitrogen and oxygen atoms in total. The summed E-state index contributed by atoms with van der Waals surface area (Å²) in [6.07, 6.45) is 0.806. The van der Waals surface area contributed by atoms with E-state index in [-0.39, 0.29) is 10.5 Å². The smallest absolute Gasteiger partial charge is 0.212 e. The third kappa shape index (κ3) is 3.50. The summed E-state index contributed by atoms with van der Waals surface area (Å²) in [5.74, 6) is 0.807. The van der Waals surface area contributed by atoms with Crippen LogP contribution in [0.5, 0.6) is 0 Å². The number of benzene rings is 1. The molecule has 0 unspecified atom stereocenters. The summed E-state index contributed by atoms with van der Waals surface area (Å²) in [7, 11) is -3.15. The molecule has 0 aliphatic carbocycles. The molecule has 0 saturated carbocycles. The van der Waals surface area contributed by atoms with Crippen LogP contribution >= 0.6 is 23.4 Å². The molecule has 0 aromatic heterocycles. The molecule has 1 heterocycles. The van der Waals surface area contributed by atoms with E-state index in [4.69, 9.17) is 11.6 Å². The topological polar surface area (TPSA) is 37.4 Å². The van der Waals surface area contributed by atoms with Crippen LogP contribution < -0.4 is 0 Å². The molecule has 1 fully saturated rings. The van der Waals surface area contributed by atoms with Crippen LogP contribution in [0.1, 0.15) is 31.1 Å². The monoisotopic (exact) mass is 333 g/mol. The second kappa shape index (κ2) is 6.69. The lowest BCUT2D eigenvalue weighted by Gasteiger charge is -2.22. The fourth-order valence-electron chi connectivity index (χ4n) is 2.29. The van der Waals surface area contributed by atoms with Gasteiger partial charge in [0.25, 0.3) is 0 Å². The van der Waals surface area contributed by atoms with Crippen molar-refractivity contribution in [3.8, 4) is 0 Å². The van der Waals surface area contributed by atoms with E-state index in [2.05, 4.69) is 0 Å². The third-order valence-electron chi connectivity index (χ3n) is 3.51. The zero-order valence-electron chi connectivity index (χ0n) is 11.8. The zero-order valence-corrected chi connectivity index (χ0v) is 14.1. The van der Waals surface area contributed by atoms with Gasteiger partial charge in [-0.1, -0.05) is 29.8 Å². The first-order valence-electron chi connectivity index (χ1n) is 6.78. The number of nitrogens with zero attached hydrogens (tertiary/aromatic N) is 1. The van der Waals surface area contributed by atoms with Crippen molar-refractivity contribution in [2.24, 2.45) is 0 Å². The van der Waals surface area contributed by atoms with E-state index in [0.29, 0.717) is 13.1 Å². The fourth-order valence-corrected chi connectivity index (χ4v) is 5.30. The highest BCUT2D eigenvalue weighted by atomic mass is 35.5. The van der Waals surface area contributed by atoms with Crippen LogP contribution in [0.15, 0.2) is 24.3 Å². The van der Waals surface area contributed by atoms with Crippen molar-refractivity contribution >= 4 is 33.4 Å². The molecule has 1 atom stereocenters. The molecule has 2 rings (SSSR count). The number of sulfonamides is 1.